The lowest BCUT2D eigenvalue weighted by Crippen LogP contribution is -2.54. The van der Waals surface area contributed by atoms with E-state index >= 15 is 0 Å². The lowest BCUT2D eigenvalue weighted by molar-refractivity contribution is -0.139. The molecule has 4 N–H and O–H groups in total. The highest BCUT2D eigenvalue weighted by Crippen LogP contribution is 2.47. The Labute approximate surface area is 376 Å². The average Bonchev–Trinajstić information content (AvgIpc) is 4.08. The zero-order chi connectivity index (χ0) is 47.2. The molecule has 0 bridgehead atoms. The molecule has 3 aromatic rings. The SMILES string of the molecule is COC(=O)N[C@H](C(=O)N1CCC[C@H]1C(=O)Nc1ccc([C@@H]2CC[C@@H](c3ccc(NC(=O)[C@@H]4CCCN4C(=O)[C@@H](NC(=O)OC)C(C)C)cc3)N2c2ccc(C(F)(F)F)cc2)cc1)C(C)C. The first-order valence-corrected chi connectivity index (χ1v) is 22.0. The van der Waals surface area contributed by atoms with Gasteiger partial charge in [-0.2, -0.15) is 13.2 Å². The normalized spacial score (nSPS) is 20.6. The maximum atomic E-state index is 13.7. The summed E-state index contributed by atoms with van der Waals surface area (Å²) in [5, 5.41) is 11.0. The van der Waals surface area contributed by atoms with Crippen LogP contribution >= 0.6 is 0 Å². The van der Waals surface area contributed by atoms with Gasteiger partial charge in [0.25, 0.3) is 0 Å². The molecule has 3 aliphatic rings. The molecule has 6 atom stereocenters. The van der Waals surface area contributed by atoms with E-state index in [2.05, 4.69) is 26.2 Å². The van der Waals surface area contributed by atoms with Crippen molar-refractivity contribution in [1.82, 2.24) is 20.4 Å². The second kappa shape index (κ2) is 20.7. The molecule has 15 nitrogen and oxygen atoms in total. The van der Waals surface area contributed by atoms with Gasteiger partial charge in [0.2, 0.25) is 23.6 Å². The first kappa shape index (κ1) is 48.1. The van der Waals surface area contributed by atoms with Crippen molar-refractivity contribution in [2.75, 3.05) is 42.8 Å². The Kier molecular flexibility index (Phi) is 15.3. The summed E-state index contributed by atoms with van der Waals surface area (Å²) < 4.78 is 50.4. The molecule has 0 aromatic heterocycles. The summed E-state index contributed by atoms with van der Waals surface area (Å²) >= 11 is 0. The number of rotatable bonds is 13. The third-order valence-electron chi connectivity index (χ3n) is 12.5. The van der Waals surface area contributed by atoms with Crippen molar-refractivity contribution in [2.45, 2.75) is 109 Å². The molecule has 3 aromatic carbocycles. The number of hydrogen-bond donors (Lipinski definition) is 4. The zero-order valence-corrected chi connectivity index (χ0v) is 37.4. The lowest BCUT2D eigenvalue weighted by atomic mass is 10.0. The van der Waals surface area contributed by atoms with Gasteiger partial charge in [-0.1, -0.05) is 52.0 Å². The van der Waals surface area contributed by atoms with E-state index in [-0.39, 0.29) is 47.5 Å². The monoisotopic (exact) mass is 905 g/mol. The van der Waals surface area contributed by atoms with Crippen LogP contribution in [-0.2, 0) is 34.8 Å². The molecular formula is C47H58F3N7O8. The Morgan fingerprint density at radius 3 is 1.31 bits per heavy atom. The van der Waals surface area contributed by atoms with Crippen LogP contribution in [0.4, 0.5) is 39.8 Å². The van der Waals surface area contributed by atoms with E-state index in [9.17, 15) is 41.9 Å². The minimum Gasteiger partial charge on any atom is -0.453 e. The number of halogens is 3. The Balaban J connectivity index is 1.17. The first-order valence-electron chi connectivity index (χ1n) is 22.0. The average molecular weight is 906 g/mol. The molecule has 3 heterocycles. The molecule has 0 saturated carbocycles. The Bertz CT molecular complexity index is 2060. The number of likely N-dealkylation sites (tertiary alicyclic amines) is 2. The summed E-state index contributed by atoms with van der Waals surface area (Å²) in [4.78, 5) is 83.2. The van der Waals surface area contributed by atoms with Gasteiger partial charge in [0, 0.05) is 30.2 Å². The van der Waals surface area contributed by atoms with Gasteiger partial charge < -0.3 is 45.4 Å². The fraction of sp³-hybridized carbons (Fsp3) is 0.489. The van der Waals surface area contributed by atoms with Crippen molar-refractivity contribution in [1.29, 1.82) is 0 Å². The standard InChI is InChI=1S/C47H58F3N7O8/c1-27(2)39(53-45(62)64-5)43(60)55-25-7-9-37(55)41(58)51-32-17-11-29(12-18-32)35-23-24-36(57(35)34-21-15-31(16-22-34)47(48,49)50)30-13-19-33(20-14-30)52-42(59)38-10-8-26-56(38)44(61)40(28(3)4)54-46(63)65-6/h11-22,27-28,35-40H,7-10,23-26H2,1-6H3,(H,51,58)(H,52,59)(H,53,62)(H,54,63)/t35-,36-,37-,38-,39-,40-/m0/s1. The molecule has 6 rings (SSSR count). The van der Waals surface area contributed by atoms with E-state index in [0.717, 1.165) is 23.3 Å². The number of alkyl carbamates (subject to hydrolysis) is 2. The van der Waals surface area contributed by atoms with Crippen LogP contribution in [-0.4, -0.2) is 97.1 Å². The van der Waals surface area contributed by atoms with Crippen LogP contribution < -0.4 is 26.2 Å². The van der Waals surface area contributed by atoms with Crippen molar-refractivity contribution in [3.8, 4) is 0 Å². The highest BCUT2D eigenvalue weighted by molar-refractivity contribution is 5.99. The van der Waals surface area contributed by atoms with Crippen molar-refractivity contribution >= 4 is 52.9 Å². The second-order valence-electron chi connectivity index (χ2n) is 17.4. The minimum atomic E-state index is -4.51. The van der Waals surface area contributed by atoms with Crippen molar-refractivity contribution in [2.24, 2.45) is 11.8 Å². The number of benzene rings is 3. The van der Waals surface area contributed by atoms with Crippen LogP contribution in [0.1, 0.15) is 95.0 Å². The van der Waals surface area contributed by atoms with E-state index in [0.29, 0.717) is 68.7 Å². The number of carbonyl (C=O) groups excluding carboxylic acids is 6. The Morgan fingerprint density at radius 2 is 0.969 bits per heavy atom. The summed E-state index contributed by atoms with van der Waals surface area (Å²) in [6.45, 7) is 7.91. The van der Waals surface area contributed by atoms with Gasteiger partial charge in [0.05, 0.1) is 31.9 Å². The molecule has 3 aliphatic heterocycles. The quantitative estimate of drug-likeness (QED) is 0.136. The third-order valence-corrected chi connectivity index (χ3v) is 12.5. The van der Waals surface area contributed by atoms with Crippen molar-refractivity contribution in [3.05, 3.63) is 89.5 Å². The predicted molar refractivity (Wildman–Crippen MR) is 237 cm³/mol. The maximum absolute atomic E-state index is 13.7. The fourth-order valence-corrected chi connectivity index (χ4v) is 9.04. The summed E-state index contributed by atoms with van der Waals surface area (Å²) in [6.07, 6.45) is -2.55. The van der Waals surface area contributed by atoms with Crippen LogP contribution in [0.25, 0.3) is 0 Å². The van der Waals surface area contributed by atoms with Gasteiger partial charge in [-0.3, -0.25) is 19.2 Å². The van der Waals surface area contributed by atoms with E-state index in [1.54, 1.807) is 52.0 Å². The van der Waals surface area contributed by atoms with Crippen LogP contribution in [0.2, 0.25) is 0 Å². The molecule has 0 spiro atoms. The van der Waals surface area contributed by atoms with Gasteiger partial charge in [-0.15, -0.1) is 0 Å². The van der Waals surface area contributed by atoms with Crippen LogP contribution in [0.15, 0.2) is 72.8 Å². The zero-order valence-electron chi connectivity index (χ0n) is 37.4. The number of hydrogen-bond acceptors (Lipinski definition) is 9. The molecule has 350 valence electrons. The minimum absolute atomic E-state index is 0.250. The van der Waals surface area contributed by atoms with Gasteiger partial charge in [-0.25, -0.2) is 9.59 Å². The Morgan fingerprint density at radius 1 is 0.585 bits per heavy atom. The Hall–Kier alpha value is -6.33. The molecule has 3 fully saturated rings. The van der Waals surface area contributed by atoms with Crippen LogP contribution in [0.5, 0.6) is 0 Å². The van der Waals surface area contributed by atoms with Crippen molar-refractivity contribution in [3.63, 3.8) is 0 Å². The number of carbonyl (C=O) groups is 6. The highest BCUT2D eigenvalue weighted by Gasteiger charge is 2.41. The number of methoxy groups -OCH3 is 2. The molecule has 0 radical (unpaired) electrons. The number of nitrogens with one attached hydrogen (secondary N) is 4. The molecule has 6 amide bonds. The summed E-state index contributed by atoms with van der Waals surface area (Å²) in [7, 11) is 2.43. The summed E-state index contributed by atoms with van der Waals surface area (Å²) in [5.74, 6) is -1.96. The van der Waals surface area contributed by atoms with Gasteiger partial charge in [0.1, 0.15) is 24.2 Å². The smallest absolute Gasteiger partial charge is 0.416 e. The van der Waals surface area contributed by atoms with Gasteiger partial charge in [-0.05, 0) is 110 Å². The molecular weight excluding hydrogens is 848 g/mol. The van der Waals surface area contributed by atoms with E-state index in [1.165, 1.54) is 36.2 Å². The maximum Gasteiger partial charge on any atom is 0.416 e. The van der Waals surface area contributed by atoms with E-state index in [1.807, 2.05) is 24.3 Å². The largest absolute Gasteiger partial charge is 0.453 e. The number of nitrogens with zero attached hydrogens (tertiary/aromatic N) is 3. The number of amides is 6. The molecule has 18 heteroatoms. The third kappa shape index (κ3) is 11.1. The first-order chi connectivity index (χ1) is 30.9. The number of anilines is 3. The molecule has 3 saturated heterocycles. The molecule has 0 unspecified atom stereocenters. The van der Waals surface area contributed by atoms with E-state index in [4.69, 9.17) is 9.47 Å². The molecule has 65 heavy (non-hydrogen) atoms. The predicted octanol–water partition coefficient (Wildman–Crippen LogP) is 7.41. The van der Waals surface area contributed by atoms with E-state index < -0.39 is 48.1 Å². The summed E-state index contributed by atoms with van der Waals surface area (Å²) in [5.41, 5.74) is 2.57. The summed E-state index contributed by atoms with van der Waals surface area (Å²) in [6, 6.07) is 15.9. The highest BCUT2D eigenvalue weighted by atomic mass is 19.4. The second-order valence-corrected chi connectivity index (χ2v) is 17.4. The number of ether oxygens (including phenoxy) is 2. The molecule has 0 aliphatic carbocycles. The van der Waals surface area contributed by atoms with Crippen LogP contribution in [0, 0.1) is 11.8 Å². The van der Waals surface area contributed by atoms with Gasteiger partial charge >= 0.3 is 18.4 Å². The lowest BCUT2D eigenvalue weighted by Gasteiger charge is -2.34. The topological polar surface area (TPSA) is 179 Å². The van der Waals surface area contributed by atoms with Crippen LogP contribution in [0.3, 0.4) is 0 Å². The fourth-order valence-electron chi connectivity index (χ4n) is 9.04. The number of alkyl halides is 3. The van der Waals surface area contributed by atoms with Gasteiger partial charge in [0.15, 0.2) is 0 Å². The van der Waals surface area contributed by atoms with Crippen molar-refractivity contribution < 1.29 is 51.4 Å².